The molecule has 12 heavy (non-hydrogen) atoms. The number of nitrogens with one attached hydrogen (secondary N) is 1. The molecule has 1 aliphatic carbocycles. The molecule has 1 rings (SSSR count). The largest absolute Gasteiger partial charge is 0.369 e. The van der Waals surface area contributed by atoms with Crippen molar-refractivity contribution in [2.24, 2.45) is 11.1 Å². The highest BCUT2D eigenvalue weighted by Gasteiger charge is 2.46. The van der Waals surface area contributed by atoms with Crippen molar-refractivity contribution in [3.05, 3.63) is 0 Å². The summed E-state index contributed by atoms with van der Waals surface area (Å²) >= 11 is 0. The first kappa shape index (κ1) is 9.03. The first-order valence-corrected chi connectivity index (χ1v) is 3.99. The van der Waals surface area contributed by atoms with Gasteiger partial charge in [-0.25, -0.2) is 0 Å². The molecule has 0 aromatic carbocycles. The summed E-state index contributed by atoms with van der Waals surface area (Å²) in [5, 5.41) is 2.74. The van der Waals surface area contributed by atoms with Crippen molar-refractivity contribution < 1.29 is 9.59 Å². The van der Waals surface area contributed by atoms with Gasteiger partial charge >= 0.3 is 0 Å². The molecule has 0 aliphatic heterocycles. The number of primary amides is 1. The average molecular weight is 170 g/mol. The van der Waals surface area contributed by atoms with Crippen molar-refractivity contribution in [1.82, 2.24) is 5.32 Å². The minimum atomic E-state index is -0.578. The molecule has 0 spiro atoms. The molecule has 0 radical (unpaired) electrons. The SMILES string of the molecule is CC1(C)CC1NC(=O)CC(N)=O. The van der Waals surface area contributed by atoms with E-state index in [1.807, 2.05) is 0 Å². The number of carbonyl (C=O) groups is 2. The van der Waals surface area contributed by atoms with Crippen LogP contribution in [0.3, 0.4) is 0 Å². The summed E-state index contributed by atoms with van der Waals surface area (Å²) in [5.41, 5.74) is 5.06. The summed E-state index contributed by atoms with van der Waals surface area (Å²) in [7, 11) is 0. The van der Waals surface area contributed by atoms with Gasteiger partial charge in [0.25, 0.3) is 0 Å². The van der Waals surface area contributed by atoms with Gasteiger partial charge in [0.2, 0.25) is 11.8 Å². The van der Waals surface area contributed by atoms with Gasteiger partial charge in [0.1, 0.15) is 6.42 Å². The van der Waals surface area contributed by atoms with Gasteiger partial charge in [-0.15, -0.1) is 0 Å². The van der Waals surface area contributed by atoms with E-state index in [9.17, 15) is 9.59 Å². The third-order valence-corrected chi connectivity index (χ3v) is 2.18. The maximum absolute atomic E-state index is 11.0. The van der Waals surface area contributed by atoms with Gasteiger partial charge in [-0.1, -0.05) is 13.8 Å². The Bertz CT molecular complexity index is 223. The fourth-order valence-corrected chi connectivity index (χ4v) is 1.12. The van der Waals surface area contributed by atoms with Crippen LogP contribution in [0.1, 0.15) is 26.7 Å². The van der Waals surface area contributed by atoms with Gasteiger partial charge in [0.05, 0.1) is 0 Å². The predicted molar refractivity (Wildman–Crippen MR) is 44.1 cm³/mol. The normalized spacial score (nSPS) is 24.7. The maximum Gasteiger partial charge on any atom is 0.229 e. The van der Waals surface area contributed by atoms with E-state index in [0.29, 0.717) is 0 Å². The number of hydrogen-bond donors (Lipinski definition) is 2. The van der Waals surface area contributed by atoms with Gasteiger partial charge in [0.15, 0.2) is 0 Å². The molecule has 1 saturated carbocycles. The van der Waals surface area contributed by atoms with Crippen LogP contribution in [0.2, 0.25) is 0 Å². The Balaban J connectivity index is 2.25. The van der Waals surface area contributed by atoms with Crippen LogP contribution in [0.15, 0.2) is 0 Å². The molecule has 68 valence electrons. The average Bonchev–Trinajstić information content (AvgIpc) is 2.35. The number of nitrogens with two attached hydrogens (primary N) is 1. The lowest BCUT2D eigenvalue weighted by Crippen LogP contribution is -2.31. The minimum absolute atomic E-state index is 0.202. The van der Waals surface area contributed by atoms with Gasteiger partial charge in [0, 0.05) is 6.04 Å². The highest BCUT2D eigenvalue weighted by atomic mass is 16.2. The molecule has 0 saturated heterocycles. The summed E-state index contributed by atoms with van der Waals surface area (Å²) in [6.07, 6.45) is 0.782. The van der Waals surface area contributed by atoms with E-state index in [4.69, 9.17) is 5.73 Å². The van der Waals surface area contributed by atoms with Gasteiger partial charge in [-0.2, -0.15) is 0 Å². The lowest BCUT2D eigenvalue weighted by Gasteiger charge is -2.04. The summed E-state index contributed by atoms with van der Waals surface area (Å²) in [6, 6.07) is 0.226. The van der Waals surface area contributed by atoms with E-state index in [1.165, 1.54) is 0 Å². The van der Waals surface area contributed by atoms with Crippen LogP contribution in [-0.4, -0.2) is 17.9 Å². The highest BCUT2D eigenvalue weighted by molar-refractivity contribution is 5.96. The molecule has 1 fully saturated rings. The Morgan fingerprint density at radius 3 is 2.42 bits per heavy atom. The van der Waals surface area contributed by atoms with Crippen LogP contribution < -0.4 is 11.1 Å². The van der Waals surface area contributed by atoms with Gasteiger partial charge < -0.3 is 11.1 Å². The van der Waals surface area contributed by atoms with Crippen LogP contribution in [-0.2, 0) is 9.59 Å². The third-order valence-electron chi connectivity index (χ3n) is 2.18. The second kappa shape index (κ2) is 2.77. The Morgan fingerprint density at radius 1 is 1.58 bits per heavy atom. The van der Waals surface area contributed by atoms with Gasteiger partial charge in [-0.05, 0) is 11.8 Å². The van der Waals surface area contributed by atoms with Crippen molar-refractivity contribution >= 4 is 11.8 Å². The monoisotopic (exact) mass is 170 g/mol. The van der Waals surface area contributed by atoms with Crippen LogP contribution in [0.5, 0.6) is 0 Å². The van der Waals surface area contributed by atoms with E-state index in [2.05, 4.69) is 19.2 Å². The third kappa shape index (κ3) is 2.22. The molecule has 4 heteroatoms. The Morgan fingerprint density at radius 2 is 2.08 bits per heavy atom. The second-order valence-corrected chi connectivity index (χ2v) is 3.96. The molecule has 0 bridgehead atoms. The molecule has 0 heterocycles. The Kier molecular flexibility index (Phi) is 2.08. The molecule has 0 aromatic heterocycles. The van der Waals surface area contributed by atoms with E-state index < -0.39 is 5.91 Å². The first-order chi connectivity index (χ1) is 5.42. The van der Waals surface area contributed by atoms with Crippen molar-refractivity contribution in [1.29, 1.82) is 0 Å². The van der Waals surface area contributed by atoms with Crippen molar-refractivity contribution in [2.45, 2.75) is 32.7 Å². The maximum atomic E-state index is 11.0. The smallest absolute Gasteiger partial charge is 0.229 e. The zero-order chi connectivity index (χ0) is 9.35. The Labute approximate surface area is 71.5 Å². The van der Waals surface area contributed by atoms with Crippen molar-refractivity contribution in [2.75, 3.05) is 0 Å². The van der Waals surface area contributed by atoms with Crippen molar-refractivity contribution in [3.63, 3.8) is 0 Å². The molecule has 2 amide bonds. The first-order valence-electron chi connectivity index (χ1n) is 3.99. The molecule has 1 aliphatic rings. The summed E-state index contributed by atoms with van der Waals surface area (Å²) < 4.78 is 0. The van der Waals surface area contributed by atoms with Crippen LogP contribution in [0, 0.1) is 5.41 Å². The molecule has 4 nitrogen and oxygen atoms in total. The van der Waals surface area contributed by atoms with Crippen LogP contribution in [0.25, 0.3) is 0 Å². The number of rotatable bonds is 3. The molecule has 3 N–H and O–H groups in total. The fraction of sp³-hybridized carbons (Fsp3) is 0.750. The van der Waals surface area contributed by atoms with E-state index >= 15 is 0 Å². The lowest BCUT2D eigenvalue weighted by molar-refractivity contribution is -0.127. The lowest BCUT2D eigenvalue weighted by atomic mass is 10.2. The van der Waals surface area contributed by atoms with Gasteiger partial charge in [-0.3, -0.25) is 9.59 Å². The minimum Gasteiger partial charge on any atom is -0.369 e. The van der Waals surface area contributed by atoms with E-state index in [1.54, 1.807) is 0 Å². The number of hydrogen-bond acceptors (Lipinski definition) is 2. The molecular weight excluding hydrogens is 156 g/mol. The fourth-order valence-electron chi connectivity index (χ4n) is 1.12. The zero-order valence-electron chi connectivity index (χ0n) is 7.39. The second-order valence-electron chi connectivity index (χ2n) is 3.96. The summed E-state index contributed by atoms with van der Waals surface area (Å²) in [4.78, 5) is 21.3. The topological polar surface area (TPSA) is 72.2 Å². The summed E-state index contributed by atoms with van der Waals surface area (Å²) in [6.45, 7) is 4.14. The molecular formula is C8H14N2O2. The Hall–Kier alpha value is -1.06. The standard InChI is InChI=1S/C8H14N2O2/c1-8(2)4-5(8)10-7(12)3-6(9)11/h5H,3-4H2,1-2H3,(H2,9,11)(H,10,12). The number of carbonyl (C=O) groups excluding carboxylic acids is 2. The zero-order valence-corrected chi connectivity index (χ0v) is 7.39. The van der Waals surface area contributed by atoms with Crippen LogP contribution >= 0.6 is 0 Å². The number of amides is 2. The summed E-state index contributed by atoms with van der Waals surface area (Å²) in [5.74, 6) is -0.843. The highest BCUT2D eigenvalue weighted by Crippen LogP contribution is 2.44. The molecule has 1 atom stereocenters. The van der Waals surface area contributed by atoms with Crippen molar-refractivity contribution in [3.8, 4) is 0 Å². The van der Waals surface area contributed by atoms with E-state index in [-0.39, 0.29) is 23.8 Å². The quantitative estimate of drug-likeness (QED) is 0.574. The van der Waals surface area contributed by atoms with Crippen LogP contribution in [0.4, 0.5) is 0 Å². The predicted octanol–water partition coefficient (Wildman–Crippen LogP) is -0.223. The molecule has 1 unspecified atom stereocenters. The van der Waals surface area contributed by atoms with E-state index in [0.717, 1.165) is 6.42 Å². The molecule has 0 aromatic rings.